The minimum absolute atomic E-state index is 0. The van der Waals surface area contributed by atoms with Crippen LogP contribution in [0.2, 0.25) is 0 Å². The molecule has 30 heavy (non-hydrogen) atoms. The lowest BCUT2D eigenvalue weighted by atomic mass is 10.0. The molecule has 2 aromatic carbocycles. The Balaban J connectivity index is 0.00000320. The van der Waals surface area contributed by atoms with Crippen LogP contribution in [0.25, 0.3) is 0 Å². The molecule has 1 aliphatic heterocycles. The number of nitrogens with one attached hydrogen (secondary N) is 2. The largest absolute Gasteiger partial charge is 0.496 e. The van der Waals surface area contributed by atoms with Gasteiger partial charge in [0.2, 0.25) is 5.91 Å². The van der Waals surface area contributed by atoms with E-state index in [1.807, 2.05) is 24.3 Å². The van der Waals surface area contributed by atoms with E-state index < -0.39 is 0 Å². The van der Waals surface area contributed by atoms with Gasteiger partial charge in [-0.3, -0.25) is 14.5 Å². The molecule has 1 saturated heterocycles. The van der Waals surface area contributed by atoms with Crippen LogP contribution in [-0.4, -0.2) is 69.0 Å². The second-order valence-corrected chi connectivity index (χ2v) is 7.26. The summed E-state index contributed by atoms with van der Waals surface area (Å²) in [5.41, 5.74) is 2.22. The molecule has 0 aromatic heterocycles. The molecular weight excluding hydrogens is 404 g/mol. The summed E-state index contributed by atoms with van der Waals surface area (Å²) in [6.45, 7) is 2.60. The molecule has 2 amide bonds. The maximum atomic E-state index is 12.7. The second-order valence-electron chi connectivity index (χ2n) is 7.26. The zero-order chi connectivity index (χ0) is 20.8. The predicted octanol–water partition coefficient (Wildman–Crippen LogP) is 2.40. The number of hydrogen-bond donors (Lipinski definition) is 2. The van der Waals surface area contributed by atoms with Gasteiger partial charge in [-0.1, -0.05) is 24.3 Å². The van der Waals surface area contributed by atoms with Crippen LogP contribution in [0.4, 0.5) is 5.69 Å². The van der Waals surface area contributed by atoms with Gasteiger partial charge < -0.3 is 20.3 Å². The van der Waals surface area contributed by atoms with Crippen molar-refractivity contribution in [3.8, 4) is 5.75 Å². The van der Waals surface area contributed by atoms with Gasteiger partial charge in [0, 0.05) is 50.5 Å². The number of para-hydroxylation sites is 1. The summed E-state index contributed by atoms with van der Waals surface area (Å²) in [5.74, 6) is 0.613. The minimum Gasteiger partial charge on any atom is -0.496 e. The second kappa shape index (κ2) is 11.0. The van der Waals surface area contributed by atoms with E-state index >= 15 is 0 Å². The minimum atomic E-state index is -0.110. The summed E-state index contributed by atoms with van der Waals surface area (Å²) >= 11 is 0. The monoisotopic (exact) mass is 432 g/mol. The summed E-state index contributed by atoms with van der Waals surface area (Å²) < 4.78 is 5.51. The number of amides is 2. The Morgan fingerprint density at radius 3 is 2.70 bits per heavy atom. The van der Waals surface area contributed by atoms with Crippen LogP contribution in [0, 0.1) is 0 Å². The van der Waals surface area contributed by atoms with Gasteiger partial charge in [0.05, 0.1) is 19.7 Å². The number of hydrogen-bond acceptors (Lipinski definition) is 5. The molecule has 0 radical (unpaired) electrons. The molecule has 0 bridgehead atoms. The number of benzene rings is 2. The first-order valence-electron chi connectivity index (χ1n) is 9.69. The number of carbonyl (C=O) groups is 2. The number of nitrogens with zero attached hydrogens (tertiary/aromatic N) is 2. The average Bonchev–Trinajstić information content (AvgIpc) is 2.73. The quantitative estimate of drug-likeness (QED) is 0.733. The van der Waals surface area contributed by atoms with E-state index in [1.165, 1.54) is 4.90 Å². The van der Waals surface area contributed by atoms with Crippen molar-refractivity contribution in [2.75, 3.05) is 52.7 Å². The van der Waals surface area contributed by atoms with E-state index in [9.17, 15) is 9.59 Å². The van der Waals surface area contributed by atoms with Gasteiger partial charge >= 0.3 is 0 Å². The summed E-state index contributed by atoms with van der Waals surface area (Å²) in [5, 5.41) is 6.32. The SMILES string of the molecule is COc1ccccc1C1CNCCN1CC(=O)Nc1cccc(C(=O)N(C)C)c1.Cl. The average molecular weight is 433 g/mol. The molecule has 1 unspecified atom stereocenters. The fourth-order valence-electron chi connectivity index (χ4n) is 3.56. The molecule has 0 saturated carbocycles. The fraction of sp³-hybridized carbons (Fsp3) is 0.364. The van der Waals surface area contributed by atoms with Crippen LogP contribution >= 0.6 is 12.4 Å². The van der Waals surface area contributed by atoms with Crippen LogP contribution in [0.5, 0.6) is 5.75 Å². The maximum Gasteiger partial charge on any atom is 0.253 e. The lowest BCUT2D eigenvalue weighted by Gasteiger charge is -2.36. The Morgan fingerprint density at radius 2 is 1.97 bits per heavy atom. The Hall–Kier alpha value is -2.61. The number of carbonyl (C=O) groups excluding carboxylic acids is 2. The molecule has 3 rings (SSSR count). The normalized spacial score (nSPS) is 16.3. The number of anilines is 1. The number of methoxy groups -OCH3 is 1. The molecule has 2 aromatic rings. The third kappa shape index (κ3) is 5.72. The van der Waals surface area contributed by atoms with Gasteiger partial charge in [0.1, 0.15) is 5.75 Å². The topological polar surface area (TPSA) is 73.9 Å². The van der Waals surface area contributed by atoms with Crippen molar-refractivity contribution in [3.05, 3.63) is 59.7 Å². The van der Waals surface area contributed by atoms with E-state index in [-0.39, 0.29) is 36.8 Å². The summed E-state index contributed by atoms with van der Waals surface area (Å²) in [6, 6.07) is 15.0. The van der Waals surface area contributed by atoms with Crippen molar-refractivity contribution >= 4 is 29.9 Å². The number of halogens is 1. The molecule has 8 heteroatoms. The molecule has 1 heterocycles. The number of piperazine rings is 1. The molecule has 1 aliphatic rings. The summed E-state index contributed by atoms with van der Waals surface area (Å²) in [7, 11) is 5.07. The first-order valence-corrected chi connectivity index (χ1v) is 9.69. The van der Waals surface area contributed by atoms with Crippen LogP contribution in [0.3, 0.4) is 0 Å². The van der Waals surface area contributed by atoms with Crippen LogP contribution < -0.4 is 15.4 Å². The fourth-order valence-corrected chi connectivity index (χ4v) is 3.56. The molecule has 7 nitrogen and oxygen atoms in total. The molecule has 162 valence electrons. The van der Waals surface area contributed by atoms with Crippen molar-refractivity contribution in [1.29, 1.82) is 0 Å². The maximum absolute atomic E-state index is 12.7. The Morgan fingerprint density at radius 1 is 1.20 bits per heavy atom. The predicted molar refractivity (Wildman–Crippen MR) is 121 cm³/mol. The number of rotatable bonds is 6. The Labute approximate surface area is 183 Å². The van der Waals surface area contributed by atoms with Gasteiger partial charge in [-0.05, 0) is 24.3 Å². The highest BCUT2D eigenvalue weighted by molar-refractivity contribution is 5.97. The van der Waals surface area contributed by atoms with Crippen molar-refractivity contribution in [2.24, 2.45) is 0 Å². The lowest BCUT2D eigenvalue weighted by molar-refractivity contribution is -0.118. The van der Waals surface area contributed by atoms with Crippen molar-refractivity contribution < 1.29 is 14.3 Å². The van der Waals surface area contributed by atoms with Gasteiger partial charge in [-0.15, -0.1) is 12.4 Å². The van der Waals surface area contributed by atoms with E-state index in [4.69, 9.17) is 4.74 Å². The highest BCUT2D eigenvalue weighted by atomic mass is 35.5. The van der Waals surface area contributed by atoms with Gasteiger partial charge in [-0.25, -0.2) is 0 Å². The molecule has 0 aliphatic carbocycles. The van der Waals surface area contributed by atoms with Crippen molar-refractivity contribution in [2.45, 2.75) is 6.04 Å². The van der Waals surface area contributed by atoms with E-state index in [1.54, 1.807) is 45.5 Å². The van der Waals surface area contributed by atoms with Gasteiger partial charge in [0.25, 0.3) is 5.91 Å². The molecule has 0 spiro atoms. The summed E-state index contributed by atoms with van der Waals surface area (Å²) in [4.78, 5) is 28.5. The van der Waals surface area contributed by atoms with Crippen molar-refractivity contribution in [1.82, 2.24) is 15.1 Å². The van der Waals surface area contributed by atoms with Crippen LogP contribution in [0.1, 0.15) is 22.0 Å². The molecule has 2 N–H and O–H groups in total. The third-order valence-corrected chi connectivity index (χ3v) is 5.00. The first-order chi connectivity index (χ1) is 14.0. The van der Waals surface area contributed by atoms with Crippen LogP contribution in [-0.2, 0) is 4.79 Å². The standard InChI is InChI=1S/C22H28N4O3.ClH/c1-25(2)22(28)16-7-6-8-17(13-16)24-21(27)15-26-12-11-23-14-19(26)18-9-4-5-10-20(18)29-3;/h4-10,13,19,23H,11-12,14-15H2,1-3H3,(H,24,27);1H. The Kier molecular flexibility index (Phi) is 8.65. The smallest absolute Gasteiger partial charge is 0.253 e. The lowest BCUT2D eigenvalue weighted by Crippen LogP contribution is -2.48. The van der Waals surface area contributed by atoms with Gasteiger partial charge in [-0.2, -0.15) is 0 Å². The third-order valence-electron chi connectivity index (χ3n) is 5.00. The van der Waals surface area contributed by atoms with E-state index in [0.717, 1.165) is 30.9 Å². The molecule has 1 atom stereocenters. The molecule has 1 fully saturated rings. The zero-order valence-electron chi connectivity index (χ0n) is 17.6. The number of ether oxygens (including phenoxy) is 1. The highest BCUT2D eigenvalue weighted by Gasteiger charge is 2.27. The van der Waals surface area contributed by atoms with Crippen LogP contribution in [0.15, 0.2) is 48.5 Å². The Bertz CT molecular complexity index is 875. The van der Waals surface area contributed by atoms with E-state index in [0.29, 0.717) is 11.3 Å². The van der Waals surface area contributed by atoms with E-state index in [2.05, 4.69) is 15.5 Å². The highest BCUT2D eigenvalue weighted by Crippen LogP contribution is 2.30. The molecular formula is C22H29ClN4O3. The van der Waals surface area contributed by atoms with Crippen molar-refractivity contribution in [3.63, 3.8) is 0 Å². The van der Waals surface area contributed by atoms with Gasteiger partial charge in [0.15, 0.2) is 0 Å². The first kappa shape index (κ1) is 23.7. The summed E-state index contributed by atoms with van der Waals surface area (Å²) in [6.07, 6.45) is 0. The zero-order valence-corrected chi connectivity index (χ0v) is 18.4.